The molecular weight excluding hydrogens is 360 g/mol. The number of thiazole rings is 1. The van der Waals surface area contributed by atoms with E-state index >= 15 is 0 Å². The smallest absolute Gasteiger partial charge is 0.230 e. The number of piperidine rings is 1. The van der Waals surface area contributed by atoms with E-state index in [0.29, 0.717) is 5.13 Å². The van der Waals surface area contributed by atoms with E-state index in [4.69, 9.17) is 10.7 Å². The maximum Gasteiger partial charge on any atom is 0.230 e. The number of amides is 2. The highest BCUT2D eigenvalue weighted by Crippen LogP contribution is 2.32. The summed E-state index contributed by atoms with van der Waals surface area (Å²) in [4.78, 5) is 31.6. The van der Waals surface area contributed by atoms with Crippen molar-refractivity contribution in [1.29, 1.82) is 0 Å². The molecule has 1 aliphatic rings. The van der Waals surface area contributed by atoms with Gasteiger partial charge in [-0.15, -0.1) is 11.3 Å². The maximum atomic E-state index is 12.4. The minimum atomic E-state index is -0.205. The molecule has 1 unspecified atom stereocenters. The molecular formula is C20H27N4O2S+. The normalized spacial score (nSPS) is 19.7. The number of benzene rings is 1. The number of quaternary nitrogens is 1. The Morgan fingerprint density at radius 3 is 2.85 bits per heavy atom. The summed E-state index contributed by atoms with van der Waals surface area (Å²) in [5.74, 6) is -0.303. The molecule has 0 radical (unpaired) electrons. The van der Waals surface area contributed by atoms with Crippen molar-refractivity contribution in [3.63, 3.8) is 0 Å². The van der Waals surface area contributed by atoms with Crippen LogP contribution >= 0.6 is 11.3 Å². The fourth-order valence-electron chi connectivity index (χ4n) is 3.68. The Hall–Kier alpha value is -2.25. The summed E-state index contributed by atoms with van der Waals surface area (Å²) in [5, 5.41) is 2.70. The molecule has 0 saturated carbocycles. The molecule has 144 valence electrons. The monoisotopic (exact) mass is 387 g/mol. The number of anilines is 2. The van der Waals surface area contributed by atoms with Crippen molar-refractivity contribution in [2.24, 2.45) is 11.7 Å². The number of likely N-dealkylation sites (tertiary alicyclic amines) is 1. The van der Waals surface area contributed by atoms with Crippen LogP contribution in [-0.2, 0) is 16.1 Å². The molecule has 6 nitrogen and oxygen atoms in total. The van der Waals surface area contributed by atoms with Gasteiger partial charge in [0.05, 0.1) is 24.7 Å². The lowest BCUT2D eigenvalue weighted by Gasteiger charge is -2.27. The van der Waals surface area contributed by atoms with Crippen molar-refractivity contribution in [3.8, 4) is 0 Å². The van der Waals surface area contributed by atoms with Gasteiger partial charge in [0.1, 0.15) is 12.2 Å². The number of nitrogens with zero attached hydrogens (tertiary/aromatic N) is 2. The van der Waals surface area contributed by atoms with Gasteiger partial charge < -0.3 is 10.6 Å². The van der Waals surface area contributed by atoms with E-state index < -0.39 is 0 Å². The van der Waals surface area contributed by atoms with Crippen LogP contribution in [0.4, 0.5) is 10.8 Å². The van der Waals surface area contributed by atoms with Gasteiger partial charge in [0.15, 0.2) is 5.13 Å². The van der Waals surface area contributed by atoms with Crippen molar-refractivity contribution in [2.45, 2.75) is 40.2 Å². The van der Waals surface area contributed by atoms with Crippen LogP contribution in [0.2, 0.25) is 0 Å². The van der Waals surface area contributed by atoms with Crippen LogP contribution in [0.25, 0.3) is 0 Å². The zero-order chi connectivity index (χ0) is 19.6. The fraction of sp³-hybridized carbons (Fsp3) is 0.450. The van der Waals surface area contributed by atoms with Gasteiger partial charge in [-0.2, -0.15) is 0 Å². The first-order valence-corrected chi connectivity index (χ1v) is 10.2. The SMILES string of the molecule is CC(=O)N(c1nc(C[NH+]2CCC[C@H](C(N)=O)C2)cs1)c1cccc(C)c1C. The second-order valence-corrected chi connectivity index (χ2v) is 8.15. The van der Waals surface area contributed by atoms with Gasteiger partial charge in [0.25, 0.3) is 0 Å². The molecule has 3 rings (SSSR count). The van der Waals surface area contributed by atoms with Crippen molar-refractivity contribution < 1.29 is 14.5 Å². The Kier molecular flexibility index (Phi) is 5.92. The third-order valence-corrected chi connectivity index (χ3v) is 6.19. The lowest BCUT2D eigenvalue weighted by Crippen LogP contribution is -3.12. The number of hydrogen-bond acceptors (Lipinski definition) is 4. The molecule has 0 spiro atoms. The predicted molar refractivity (Wildman–Crippen MR) is 107 cm³/mol. The van der Waals surface area contributed by atoms with Gasteiger partial charge in [-0.05, 0) is 43.9 Å². The zero-order valence-electron chi connectivity index (χ0n) is 16.1. The summed E-state index contributed by atoms with van der Waals surface area (Å²) in [6.45, 7) is 8.16. The van der Waals surface area contributed by atoms with Crippen LogP contribution in [0.5, 0.6) is 0 Å². The van der Waals surface area contributed by atoms with Crippen molar-refractivity contribution >= 4 is 34.0 Å². The molecule has 3 N–H and O–H groups in total. The average molecular weight is 388 g/mol. The Morgan fingerprint density at radius 2 is 2.15 bits per heavy atom. The number of hydrogen-bond donors (Lipinski definition) is 2. The van der Waals surface area contributed by atoms with Crippen LogP contribution in [0.3, 0.4) is 0 Å². The Balaban J connectivity index is 1.79. The minimum absolute atomic E-state index is 0.0458. The van der Waals surface area contributed by atoms with Crippen LogP contribution in [0.15, 0.2) is 23.6 Å². The molecule has 2 heterocycles. The fourth-order valence-corrected chi connectivity index (χ4v) is 4.56. The summed E-state index contributed by atoms with van der Waals surface area (Å²) in [5.41, 5.74) is 9.53. The standard InChI is InChI=1S/C20H26N4O2S/c1-13-6-4-8-18(14(13)2)24(15(3)25)20-22-17(12-27-20)11-23-9-5-7-16(10-23)19(21)26/h4,6,8,12,16H,5,7,9-11H2,1-3H3,(H2,21,26)/p+1/t16-/m0/s1. The van der Waals surface area contributed by atoms with Gasteiger partial charge in [-0.25, -0.2) is 4.98 Å². The van der Waals surface area contributed by atoms with E-state index in [1.54, 1.807) is 11.8 Å². The highest BCUT2D eigenvalue weighted by Gasteiger charge is 2.28. The molecule has 27 heavy (non-hydrogen) atoms. The summed E-state index contributed by atoms with van der Waals surface area (Å²) in [7, 11) is 0. The van der Waals surface area contributed by atoms with Gasteiger partial charge in [0, 0.05) is 12.3 Å². The molecule has 7 heteroatoms. The van der Waals surface area contributed by atoms with Gasteiger partial charge in [0.2, 0.25) is 11.8 Å². The lowest BCUT2D eigenvalue weighted by molar-refractivity contribution is -0.921. The molecule has 1 aliphatic heterocycles. The summed E-state index contributed by atoms with van der Waals surface area (Å²) in [6.07, 6.45) is 1.88. The van der Waals surface area contributed by atoms with Gasteiger partial charge in [-0.3, -0.25) is 14.5 Å². The molecule has 1 saturated heterocycles. The molecule has 1 aromatic carbocycles. The number of carbonyl (C=O) groups excluding carboxylic acids is 2. The first-order valence-electron chi connectivity index (χ1n) is 9.31. The van der Waals surface area contributed by atoms with E-state index in [1.165, 1.54) is 16.2 Å². The van der Waals surface area contributed by atoms with Gasteiger partial charge in [-0.1, -0.05) is 12.1 Å². The quantitative estimate of drug-likeness (QED) is 0.820. The third kappa shape index (κ3) is 4.36. The summed E-state index contributed by atoms with van der Waals surface area (Å²) in [6, 6.07) is 5.96. The van der Waals surface area contributed by atoms with E-state index in [-0.39, 0.29) is 17.7 Å². The Morgan fingerprint density at radius 1 is 1.37 bits per heavy atom. The lowest BCUT2D eigenvalue weighted by atomic mass is 9.97. The van der Waals surface area contributed by atoms with Crippen molar-refractivity contribution in [2.75, 3.05) is 18.0 Å². The number of nitrogens with two attached hydrogens (primary N) is 1. The minimum Gasteiger partial charge on any atom is -0.369 e. The number of rotatable bonds is 5. The first-order chi connectivity index (χ1) is 12.9. The molecule has 0 aliphatic carbocycles. The molecule has 1 fully saturated rings. The van der Waals surface area contributed by atoms with E-state index in [0.717, 1.165) is 55.0 Å². The second-order valence-electron chi connectivity index (χ2n) is 7.32. The van der Waals surface area contributed by atoms with E-state index in [1.807, 2.05) is 37.4 Å². The van der Waals surface area contributed by atoms with Crippen molar-refractivity contribution in [1.82, 2.24) is 4.98 Å². The number of carbonyl (C=O) groups is 2. The van der Waals surface area contributed by atoms with E-state index in [9.17, 15) is 9.59 Å². The predicted octanol–water partition coefficient (Wildman–Crippen LogP) is 1.72. The van der Waals surface area contributed by atoms with Gasteiger partial charge >= 0.3 is 0 Å². The summed E-state index contributed by atoms with van der Waals surface area (Å²) >= 11 is 1.48. The highest BCUT2D eigenvalue weighted by molar-refractivity contribution is 7.14. The van der Waals surface area contributed by atoms with Crippen molar-refractivity contribution in [3.05, 3.63) is 40.4 Å². The number of primary amides is 1. The number of aromatic nitrogens is 1. The topological polar surface area (TPSA) is 80.7 Å². The van der Waals surface area contributed by atoms with Crippen LogP contribution in [-0.4, -0.2) is 29.9 Å². The summed E-state index contributed by atoms with van der Waals surface area (Å²) < 4.78 is 0. The van der Waals surface area contributed by atoms with Crippen LogP contribution < -0.4 is 15.5 Å². The maximum absolute atomic E-state index is 12.4. The molecule has 1 aromatic heterocycles. The second kappa shape index (κ2) is 8.19. The highest BCUT2D eigenvalue weighted by atomic mass is 32.1. The van der Waals surface area contributed by atoms with E-state index in [2.05, 4.69) is 0 Å². The number of aryl methyl sites for hydroxylation is 1. The molecule has 2 amide bonds. The van der Waals surface area contributed by atoms with Crippen LogP contribution in [0.1, 0.15) is 36.6 Å². The van der Waals surface area contributed by atoms with Crippen LogP contribution in [0, 0.1) is 19.8 Å². The zero-order valence-corrected chi connectivity index (χ0v) is 16.9. The first kappa shape index (κ1) is 19.5. The Bertz CT molecular complexity index is 848. The largest absolute Gasteiger partial charge is 0.369 e. The average Bonchev–Trinajstić information content (AvgIpc) is 3.06. The molecule has 2 aromatic rings. The third-order valence-electron chi connectivity index (χ3n) is 5.31. The number of nitrogens with one attached hydrogen (secondary N) is 1. The molecule has 2 atom stereocenters. The molecule has 0 bridgehead atoms. The Labute approximate surface area is 164 Å².